The minimum absolute atomic E-state index is 0.00369. The molecule has 2 aromatic carbocycles. The van der Waals surface area contributed by atoms with E-state index in [1.54, 1.807) is 30.3 Å². The predicted octanol–water partition coefficient (Wildman–Crippen LogP) is 0.173. The van der Waals surface area contributed by atoms with Crippen molar-refractivity contribution in [2.24, 2.45) is 0 Å². The molecule has 10 heteroatoms. The van der Waals surface area contributed by atoms with Crippen LogP contribution in [0.1, 0.15) is 32.0 Å². The average Bonchev–Trinajstić information content (AvgIpc) is 2.72. The summed E-state index contributed by atoms with van der Waals surface area (Å²) in [6, 6.07) is 11.4. The molecule has 0 fully saturated rings. The average molecular weight is 395 g/mol. The monoisotopic (exact) mass is 395 g/mol. The molecule has 3 aromatic rings. The Labute approximate surface area is 165 Å². The Balaban J connectivity index is 1.84. The number of carbonyl (C=O) groups is 2. The van der Waals surface area contributed by atoms with Crippen molar-refractivity contribution >= 4 is 30.0 Å². The lowest BCUT2D eigenvalue weighted by Gasteiger charge is -2.20. The lowest BCUT2D eigenvalue weighted by atomic mass is 9.75. The van der Waals surface area contributed by atoms with E-state index < -0.39 is 31.5 Å². The summed E-state index contributed by atoms with van der Waals surface area (Å²) in [4.78, 5) is 32.2. The molecule has 1 heterocycles. The molecule has 148 valence electrons. The van der Waals surface area contributed by atoms with Crippen LogP contribution in [0.2, 0.25) is 0 Å². The Bertz CT molecular complexity index is 1060. The first-order valence-corrected chi connectivity index (χ1v) is 8.74. The molecular weight excluding hydrogens is 377 g/mol. The number of carbonyl (C=O) groups excluding carboxylic acids is 1. The van der Waals surface area contributed by atoms with Gasteiger partial charge in [0.1, 0.15) is 5.69 Å². The summed E-state index contributed by atoms with van der Waals surface area (Å²) in [5.41, 5.74) is 1.54. The van der Waals surface area contributed by atoms with Crippen LogP contribution in [0.5, 0.6) is 0 Å². The molecule has 9 nitrogen and oxygen atoms in total. The summed E-state index contributed by atoms with van der Waals surface area (Å²) in [5.74, 6) is -3.04. The molecule has 0 spiro atoms. The Hall–Kier alpha value is -3.34. The van der Waals surface area contributed by atoms with Crippen molar-refractivity contribution in [1.29, 1.82) is 0 Å². The van der Waals surface area contributed by atoms with Crippen molar-refractivity contribution in [3.05, 3.63) is 71.0 Å². The molecule has 0 saturated heterocycles. The van der Waals surface area contributed by atoms with Gasteiger partial charge < -0.3 is 25.6 Å². The third kappa shape index (κ3) is 4.57. The van der Waals surface area contributed by atoms with Gasteiger partial charge in [0, 0.05) is 0 Å². The zero-order valence-electron chi connectivity index (χ0n) is 15.2. The second-order valence-electron chi connectivity index (χ2n) is 6.35. The largest absolute Gasteiger partial charge is 0.478 e. The van der Waals surface area contributed by atoms with Gasteiger partial charge in [0.05, 0.1) is 35.3 Å². The number of hydrogen-bond donors (Lipinski definition) is 5. The first-order chi connectivity index (χ1) is 13.9. The Morgan fingerprint density at radius 3 is 2.45 bits per heavy atom. The third-order valence-electron chi connectivity index (χ3n) is 4.46. The lowest BCUT2D eigenvalue weighted by molar-refractivity contribution is 0.0692. The van der Waals surface area contributed by atoms with Crippen molar-refractivity contribution < 1.29 is 29.9 Å². The highest BCUT2D eigenvalue weighted by Gasteiger charge is 2.28. The van der Waals surface area contributed by atoms with E-state index in [0.717, 1.165) is 0 Å². The number of nitrogens with zero attached hydrogens (tertiary/aromatic N) is 2. The summed E-state index contributed by atoms with van der Waals surface area (Å²) in [5, 5.41) is 40.7. The van der Waals surface area contributed by atoms with E-state index in [4.69, 9.17) is 0 Å². The van der Waals surface area contributed by atoms with Gasteiger partial charge in [0.15, 0.2) is 0 Å². The van der Waals surface area contributed by atoms with E-state index in [1.165, 1.54) is 18.3 Å². The van der Waals surface area contributed by atoms with Crippen LogP contribution in [0.15, 0.2) is 48.7 Å². The van der Waals surface area contributed by atoms with E-state index in [1.807, 2.05) is 0 Å². The van der Waals surface area contributed by atoms with E-state index in [9.17, 15) is 29.9 Å². The number of para-hydroxylation sites is 2. The van der Waals surface area contributed by atoms with Crippen LogP contribution in [-0.4, -0.2) is 55.2 Å². The van der Waals surface area contributed by atoms with E-state index in [0.29, 0.717) is 16.6 Å². The summed E-state index contributed by atoms with van der Waals surface area (Å²) >= 11 is 0. The molecular formula is C19H18BN3O6. The van der Waals surface area contributed by atoms with Gasteiger partial charge in [0.2, 0.25) is 0 Å². The molecule has 0 aliphatic carbocycles. The van der Waals surface area contributed by atoms with Gasteiger partial charge >= 0.3 is 13.1 Å². The zero-order chi connectivity index (χ0) is 21.0. The van der Waals surface area contributed by atoms with Gasteiger partial charge in [-0.25, -0.2) is 9.78 Å². The molecule has 1 atom stereocenters. The highest BCUT2D eigenvalue weighted by atomic mass is 16.4. The SMILES string of the molecule is O=C(NC(Cc1cccc(C(=O)O)c1CO)B(O)O)c1cnc2ccccc2n1. The molecule has 1 unspecified atom stereocenters. The van der Waals surface area contributed by atoms with E-state index >= 15 is 0 Å². The lowest BCUT2D eigenvalue weighted by Crippen LogP contribution is -2.48. The second-order valence-corrected chi connectivity index (χ2v) is 6.35. The number of aromatic nitrogens is 2. The minimum atomic E-state index is -1.92. The fourth-order valence-corrected chi connectivity index (χ4v) is 2.99. The highest BCUT2D eigenvalue weighted by molar-refractivity contribution is 6.43. The minimum Gasteiger partial charge on any atom is -0.478 e. The number of benzene rings is 2. The van der Waals surface area contributed by atoms with Crippen LogP contribution in [0.25, 0.3) is 11.0 Å². The number of nitrogens with one attached hydrogen (secondary N) is 1. The topological polar surface area (TPSA) is 153 Å². The van der Waals surface area contributed by atoms with E-state index in [-0.39, 0.29) is 23.2 Å². The maximum atomic E-state index is 12.5. The highest BCUT2D eigenvalue weighted by Crippen LogP contribution is 2.18. The summed E-state index contributed by atoms with van der Waals surface area (Å²) in [6.07, 6.45) is 1.17. The number of aromatic carboxylic acids is 1. The molecule has 29 heavy (non-hydrogen) atoms. The fraction of sp³-hybridized carbons (Fsp3) is 0.158. The number of aliphatic hydroxyl groups is 1. The molecule has 0 radical (unpaired) electrons. The Kier molecular flexibility index (Phi) is 6.18. The second kappa shape index (κ2) is 8.78. The number of fused-ring (bicyclic) bond motifs is 1. The zero-order valence-corrected chi connectivity index (χ0v) is 15.2. The van der Waals surface area contributed by atoms with Crippen molar-refractivity contribution in [1.82, 2.24) is 15.3 Å². The maximum absolute atomic E-state index is 12.5. The van der Waals surface area contributed by atoms with Crippen LogP contribution < -0.4 is 5.32 Å². The van der Waals surface area contributed by atoms with Gasteiger partial charge in [-0.3, -0.25) is 9.78 Å². The quantitative estimate of drug-likeness (QED) is 0.355. The van der Waals surface area contributed by atoms with Gasteiger partial charge in [-0.1, -0.05) is 24.3 Å². The first kappa shape index (κ1) is 20.4. The van der Waals surface area contributed by atoms with Gasteiger partial charge in [-0.05, 0) is 35.7 Å². The van der Waals surface area contributed by atoms with Crippen LogP contribution >= 0.6 is 0 Å². The molecule has 0 aliphatic heterocycles. The van der Waals surface area contributed by atoms with E-state index in [2.05, 4.69) is 15.3 Å². The van der Waals surface area contributed by atoms with Crippen molar-refractivity contribution in [3.8, 4) is 0 Å². The molecule has 5 N–H and O–H groups in total. The standard InChI is InChI=1S/C19H18BN3O6/c24-10-13-11(4-3-5-12(13)19(26)27)8-17(20(28)29)23-18(25)16-9-21-14-6-1-2-7-15(14)22-16/h1-7,9,17,24,28-29H,8,10H2,(H,23,25)(H,26,27). The Morgan fingerprint density at radius 1 is 1.07 bits per heavy atom. The van der Waals surface area contributed by atoms with Gasteiger partial charge in [-0.2, -0.15) is 0 Å². The van der Waals surface area contributed by atoms with Gasteiger partial charge in [0.25, 0.3) is 5.91 Å². The number of amides is 1. The van der Waals surface area contributed by atoms with Crippen molar-refractivity contribution in [3.63, 3.8) is 0 Å². The fourth-order valence-electron chi connectivity index (χ4n) is 2.99. The Morgan fingerprint density at radius 2 is 1.79 bits per heavy atom. The normalized spacial score (nSPS) is 11.8. The number of carboxylic acids is 1. The molecule has 0 bridgehead atoms. The number of hydrogen-bond acceptors (Lipinski definition) is 7. The van der Waals surface area contributed by atoms with Crippen molar-refractivity contribution in [2.75, 3.05) is 0 Å². The van der Waals surface area contributed by atoms with Crippen LogP contribution in [0.4, 0.5) is 0 Å². The summed E-state index contributed by atoms with van der Waals surface area (Å²) in [6.45, 7) is -0.545. The molecule has 1 aromatic heterocycles. The molecule has 3 rings (SSSR count). The summed E-state index contributed by atoms with van der Waals surface area (Å²) < 4.78 is 0. The number of aliphatic hydroxyl groups excluding tert-OH is 1. The van der Waals surface area contributed by atoms with Crippen LogP contribution in [0, 0.1) is 0 Å². The molecule has 1 amide bonds. The maximum Gasteiger partial charge on any atom is 0.475 e. The van der Waals surface area contributed by atoms with Crippen molar-refractivity contribution in [2.45, 2.75) is 19.0 Å². The third-order valence-corrected chi connectivity index (χ3v) is 4.46. The molecule has 0 saturated carbocycles. The van der Waals surface area contributed by atoms with Crippen LogP contribution in [-0.2, 0) is 13.0 Å². The predicted molar refractivity (Wildman–Crippen MR) is 104 cm³/mol. The summed E-state index contributed by atoms with van der Waals surface area (Å²) in [7, 11) is -1.92. The molecule has 0 aliphatic rings. The smallest absolute Gasteiger partial charge is 0.475 e. The number of rotatable bonds is 7. The first-order valence-electron chi connectivity index (χ1n) is 8.74. The van der Waals surface area contributed by atoms with Gasteiger partial charge in [-0.15, -0.1) is 0 Å². The van der Waals surface area contributed by atoms with Crippen LogP contribution in [0.3, 0.4) is 0 Å². The number of carboxylic acid groups (broad SMARTS) is 1.